The van der Waals surface area contributed by atoms with Gasteiger partial charge in [0.25, 0.3) is 0 Å². The number of alkyl halides is 5. The molecule has 10 heavy (non-hydrogen) atoms. The second-order valence-corrected chi connectivity index (χ2v) is 4.06. The Morgan fingerprint density at radius 1 is 1.40 bits per heavy atom. The minimum atomic E-state index is -4.93. The number of hydrogen-bond acceptors (Lipinski definition) is 2. The number of ether oxygens (including phenoxy) is 1. The van der Waals surface area contributed by atoms with Crippen LogP contribution >= 0.6 is 31.9 Å². The molecule has 0 saturated carbocycles. The van der Waals surface area contributed by atoms with E-state index in [1.165, 1.54) is 0 Å². The molecule has 0 saturated heterocycles. The summed E-state index contributed by atoms with van der Waals surface area (Å²) in [5.41, 5.74) is 0. The smallest absolute Gasteiger partial charge is 0.433 e. The van der Waals surface area contributed by atoms with Gasteiger partial charge in [0, 0.05) is 0 Å². The Morgan fingerprint density at radius 3 is 1.90 bits per heavy atom. The summed E-state index contributed by atoms with van der Waals surface area (Å²) in [4.78, 5) is 9.87. The highest BCUT2D eigenvalue weighted by Crippen LogP contribution is 2.20. The third-order valence-electron chi connectivity index (χ3n) is 0.428. The Bertz CT molecular complexity index is 132. The summed E-state index contributed by atoms with van der Waals surface area (Å²) in [7, 11) is 0. The molecule has 0 aliphatic heterocycles. The first-order chi connectivity index (χ1) is 4.34. The molecule has 2 nitrogen and oxygen atoms in total. The molecule has 0 aromatic rings. The van der Waals surface area contributed by atoms with E-state index in [2.05, 4.69) is 36.6 Å². The summed E-state index contributed by atoms with van der Waals surface area (Å²) in [6.45, 7) is 0. The molecular formula is C3HBr2F3O2. The van der Waals surface area contributed by atoms with E-state index in [9.17, 15) is 18.0 Å². The summed E-state index contributed by atoms with van der Waals surface area (Å²) in [5.74, 6) is -2.23. The van der Waals surface area contributed by atoms with E-state index in [4.69, 9.17) is 0 Å². The Balaban J connectivity index is 3.87. The maximum atomic E-state index is 11.3. The quantitative estimate of drug-likeness (QED) is 0.545. The normalized spacial score (nSPS) is 11.8. The van der Waals surface area contributed by atoms with Crippen LogP contribution in [0.1, 0.15) is 0 Å². The van der Waals surface area contributed by atoms with Crippen LogP contribution in [0, 0.1) is 0 Å². The maximum Gasteiger partial charge on any atom is 0.490 e. The number of halogens is 5. The fourth-order valence-electron chi connectivity index (χ4n) is 0.148. The fraction of sp³-hybridized carbons (Fsp3) is 0.667. The average Bonchev–Trinajstić information content (AvgIpc) is 1.60. The van der Waals surface area contributed by atoms with Crippen LogP contribution in [0.5, 0.6) is 0 Å². The van der Waals surface area contributed by atoms with Crippen molar-refractivity contribution >= 4 is 37.8 Å². The molecule has 7 heteroatoms. The largest absolute Gasteiger partial charge is 0.490 e. The van der Waals surface area contributed by atoms with E-state index in [1.807, 2.05) is 0 Å². The Kier molecular flexibility index (Phi) is 3.64. The molecule has 60 valence electrons. The van der Waals surface area contributed by atoms with Crippen LogP contribution in [-0.2, 0) is 9.53 Å². The average molecular weight is 286 g/mol. The van der Waals surface area contributed by atoms with Gasteiger partial charge in [0.1, 0.15) is 0 Å². The van der Waals surface area contributed by atoms with E-state index in [0.29, 0.717) is 0 Å². The van der Waals surface area contributed by atoms with Gasteiger partial charge in [-0.3, -0.25) is 0 Å². The van der Waals surface area contributed by atoms with Crippen LogP contribution in [-0.4, -0.2) is 16.1 Å². The molecule has 0 radical (unpaired) electrons. The molecule has 0 aliphatic rings. The second kappa shape index (κ2) is 3.56. The van der Waals surface area contributed by atoms with Crippen molar-refractivity contribution in [3.05, 3.63) is 0 Å². The summed E-state index contributed by atoms with van der Waals surface area (Å²) < 4.78 is 36.5. The van der Waals surface area contributed by atoms with Gasteiger partial charge in [0.2, 0.25) is 3.92 Å². The van der Waals surface area contributed by atoms with E-state index in [0.717, 1.165) is 0 Å². The van der Waals surface area contributed by atoms with E-state index < -0.39 is 16.1 Å². The van der Waals surface area contributed by atoms with E-state index >= 15 is 0 Å². The predicted molar refractivity (Wildman–Crippen MR) is 33.8 cm³/mol. The summed E-state index contributed by atoms with van der Waals surface area (Å²) in [5, 5.41) is 0. The fourth-order valence-corrected chi connectivity index (χ4v) is 0.487. The molecule has 0 atom stereocenters. The molecule has 0 aromatic heterocycles. The van der Waals surface area contributed by atoms with Crippen molar-refractivity contribution in [1.29, 1.82) is 0 Å². The predicted octanol–water partition coefficient (Wildman–Crippen LogP) is 2.17. The van der Waals surface area contributed by atoms with Crippen molar-refractivity contribution in [2.24, 2.45) is 0 Å². The lowest BCUT2D eigenvalue weighted by Crippen LogP contribution is -2.26. The lowest BCUT2D eigenvalue weighted by Gasteiger charge is -2.06. The first-order valence-corrected chi connectivity index (χ1v) is 3.73. The van der Waals surface area contributed by atoms with Crippen LogP contribution in [0.25, 0.3) is 0 Å². The summed E-state index contributed by atoms with van der Waals surface area (Å²) in [6.07, 6.45) is -4.93. The lowest BCUT2D eigenvalue weighted by atomic mass is 10.7. The van der Waals surface area contributed by atoms with Gasteiger partial charge in [-0.15, -0.1) is 0 Å². The van der Waals surface area contributed by atoms with Crippen LogP contribution in [0.3, 0.4) is 0 Å². The Labute approximate surface area is 71.0 Å². The molecule has 0 amide bonds. The molecule has 0 aromatic carbocycles. The SMILES string of the molecule is O=C(OC(Br)Br)C(F)(F)F. The van der Waals surface area contributed by atoms with Crippen LogP contribution in [0.2, 0.25) is 0 Å². The maximum absolute atomic E-state index is 11.3. The number of carbonyl (C=O) groups excluding carboxylic acids is 1. The molecular weight excluding hydrogens is 285 g/mol. The molecule has 0 rings (SSSR count). The zero-order valence-corrected chi connectivity index (χ0v) is 7.46. The van der Waals surface area contributed by atoms with Gasteiger partial charge in [-0.25, -0.2) is 4.79 Å². The zero-order valence-electron chi connectivity index (χ0n) is 4.28. The van der Waals surface area contributed by atoms with Gasteiger partial charge >= 0.3 is 12.1 Å². The number of carbonyl (C=O) groups is 1. The van der Waals surface area contributed by atoms with Gasteiger partial charge in [-0.1, -0.05) is 0 Å². The highest BCUT2D eigenvalue weighted by Gasteiger charge is 2.41. The molecule has 0 fully saturated rings. The molecule has 0 spiro atoms. The van der Waals surface area contributed by atoms with Crippen molar-refractivity contribution < 1.29 is 22.7 Å². The highest BCUT2D eigenvalue weighted by atomic mass is 79.9. The minimum absolute atomic E-state index is 1.10. The van der Waals surface area contributed by atoms with E-state index in [1.54, 1.807) is 0 Å². The topological polar surface area (TPSA) is 26.3 Å². The van der Waals surface area contributed by atoms with Crippen LogP contribution in [0.4, 0.5) is 13.2 Å². The molecule has 0 aliphatic carbocycles. The highest BCUT2D eigenvalue weighted by molar-refractivity contribution is 9.24. The number of esters is 1. The van der Waals surface area contributed by atoms with Gasteiger partial charge in [-0.05, 0) is 31.9 Å². The molecule has 0 heterocycles. The zero-order chi connectivity index (χ0) is 8.36. The van der Waals surface area contributed by atoms with Gasteiger partial charge in [0.15, 0.2) is 0 Å². The lowest BCUT2D eigenvalue weighted by molar-refractivity contribution is -0.198. The minimum Gasteiger partial charge on any atom is -0.433 e. The third kappa shape index (κ3) is 4.10. The van der Waals surface area contributed by atoms with Crippen LogP contribution in [0.15, 0.2) is 0 Å². The number of rotatable bonds is 1. The van der Waals surface area contributed by atoms with Gasteiger partial charge in [0.05, 0.1) is 0 Å². The third-order valence-corrected chi connectivity index (χ3v) is 0.801. The molecule has 0 unspecified atom stereocenters. The van der Waals surface area contributed by atoms with E-state index in [-0.39, 0.29) is 0 Å². The Hall–Kier alpha value is 0.220. The number of hydrogen-bond donors (Lipinski definition) is 0. The van der Waals surface area contributed by atoms with Crippen molar-refractivity contribution in [3.8, 4) is 0 Å². The molecule has 0 N–H and O–H groups in total. The second-order valence-electron chi connectivity index (χ2n) is 1.16. The van der Waals surface area contributed by atoms with Gasteiger partial charge in [-0.2, -0.15) is 13.2 Å². The van der Waals surface area contributed by atoms with Crippen molar-refractivity contribution in [2.45, 2.75) is 10.1 Å². The molecule has 0 bridgehead atoms. The monoisotopic (exact) mass is 284 g/mol. The Morgan fingerprint density at radius 2 is 1.80 bits per heavy atom. The van der Waals surface area contributed by atoms with Crippen molar-refractivity contribution in [1.82, 2.24) is 0 Å². The summed E-state index contributed by atoms with van der Waals surface area (Å²) in [6, 6.07) is 0. The standard InChI is InChI=1S/C3HBr2F3O2/c4-2(5)10-1(9)3(6,7)8/h2H. The van der Waals surface area contributed by atoms with Crippen molar-refractivity contribution in [3.63, 3.8) is 0 Å². The summed E-state index contributed by atoms with van der Waals surface area (Å²) >= 11 is 5.08. The first-order valence-electron chi connectivity index (χ1n) is 1.90. The van der Waals surface area contributed by atoms with Crippen molar-refractivity contribution in [2.75, 3.05) is 0 Å². The van der Waals surface area contributed by atoms with Gasteiger partial charge < -0.3 is 4.74 Å². The van der Waals surface area contributed by atoms with Crippen LogP contribution < -0.4 is 0 Å². The first kappa shape index (κ1) is 10.2.